The van der Waals surface area contributed by atoms with Gasteiger partial charge in [-0.2, -0.15) is 11.3 Å². The summed E-state index contributed by atoms with van der Waals surface area (Å²) < 4.78 is 12.6. The zero-order valence-electron chi connectivity index (χ0n) is 17.9. The highest BCUT2D eigenvalue weighted by Crippen LogP contribution is 2.35. The first kappa shape index (κ1) is 22.9. The third kappa shape index (κ3) is 3.99. The summed E-state index contributed by atoms with van der Waals surface area (Å²) in [5.74, 6) is -2.54. The predicted molar refractivity (Wildman–Crippen MR) is 124 cm³/mol. The van der Waals surface area contributed by atoms with E-state index in [-0.39, 0.29) is 5.75 Å². The summed E-state index contributed by atoms with van der Waals surface area (Å²) in [5, 5.41) is 55.3. The lowest BCUT2D eigenvalue weighted by molar-refractivity contribution is -0.385. The summed E-state index contributed by atoms with van der Waals surface area (Å²) in [6.07, 6.45) is -5.27. The number of fused-ring (bicyclic) bond motifs is 1. The average molecular weight is 485 g/mol. The fraction of sp³-hybridized carbons (Fsp3) is 0.292. The van der Waals surface area contributed by atoms with Gasteiger partial charge in [0.15, 0.2) is 6.10 Å². The zero-order valence-corrected chi connectivity index (χ0v) is 18.7. The lowest BCUT2D eigenvalue weighted by Gasteiger charge is -2.45. The van der Waals surface area contributed by atoms with Crippen molar-refractivity contribution in [3.8, 4) is 16.9 Å². The maximum Gasteiger partial charge on any atom is 0.288 e. The van der Waals surface area contributed by atoms with E-state index in [2.05, 4.69) is 16.4 Å². The number of para-hydroxylation sites is 1. The molecule has 5 atom stereocenters. The molecule has 3 heterocycles. The van der Waals surface area contributed by atoms with Gasteiger partial charge in [0.05, 0.1) is 18.5 Å². The summed E-state index contributed by atoms with van der Waals surface area (Å²) in [6.45, 7) is -0.199. The van der Waals surface area contributed by atoms with E-state index in [4.69, 9.17) is 9.47 Å². The van der Waals surface area contributed by atoms with Crippen LogP contribution in [0.2, 0.25) is 0 Å². The third-order valence-corrected chi connectivity index (χ3v) is 6.68. The van der Waals surface area contributed by atoms with Gasteiger partial charge < -0.3 is 39.6 Å². The second kappa shape index (κ2) is 9.08. The monoisotopic (exact) mass is 484 g/mol. The first-order chi connectivity index (χ1) is 16.4. The van der Waals surface area contributed by atoms with Crippen molar-refractivity contribution in [2.75, 3.05) is 6.61 Å². The summed E-state index contributed by atoms with van der Waals surface area (Å²) in [7, 11) is 0. The Balaban J connectivity index is 1.44. The predicted octanol–water partition coefficient (Wildman–Crippen LogP) is 1.31. The van der Waals surface area contributed by atoms with Gasteiger partial charge >= 0.3 is 0 Å². The molecule has 1 saturated heterocycles. The molecule has 4 aromatic rings. The molecule has 5 rings (SSSR count). The van der Waals surface area contributed by atoms with Crippen molar-refractivity contribution < 1.29 is 35.0 Å². The van der Waals surface area contributed by atoms with Crippen LogP contribution in [0.25, 0.3) is 22.2 Å². The summed E-state index contributed by atoms with van der Waals surface area (Å²) >= 11 is 1.64. The summed E-state index contributed by atoms with van der Waals surface area (Å²) in [4.78, 5) is 4.39. The molecule has 0 saturated carbocycles. The molecule has 2 aromatic heterocycles. The number of aromatic nitrogens is 2. The molecule has 1 aliphatic rings. The molecule has 1 aliphatic heterocycles. The number of imidazole rings is 1. The van der Waals surface area contributed by atoms with Gasteiger partial charge in [-0.15, -0.1) is 0 Å². The Hall–Kier alpha value is -2.83. The van der Waals surface area contributed by atoms with Crippen molar-refractivity contribution in [2.24, 2.45) is 0 Å². The number of aliphatic hydroxyl groups excluding tert-OH is 4. The topological polar surface area (TPSA) is 137 Å². The molecule has 0 bridgehead atoms. The number of ether oxygens (including phenoxy) is 2. The number of aliphatic hydroxyl groups is 5. The van der Waals surface area contributed by atoms with Crippen molar-refractivity contribution >= 4 is 22.4 Å². The molecule has 0 aliphatic carbocycles. The molecule has 0 spiro atoms. The van der Waals surface area contributed by atoms with Gasteiger partial charge in [0.1, 0.15) is 23.5 Å². The fourth-order valence-corrected chi connectivity index (χ4v) is 4.76. The molecular weight excluding hydrogens is 460 g/mol. The Bertz CT molecular complexity index is 1260. The van der Waals surface area contributed by atoms with E-state index in [1.165, 1.54) is 0 Å². The molecular formula is C24H24N2O7S. The van der Waals surface area contributed by atoms with Gasteiger partial charge in [0.25, 0.3) is 5.79 Å². The molecule has 0 amide bonds. The maximum atomic E-state index is 10.9. The second-order valence-corrected chi connectivity index (χ2v) is 8.98. The van der Waals surface area contributed by atoms with E-state index in [1.54, 1.807) is 35.9 Å². The van der Waals surface area contributed by atoms with E-state index in [0.717, 1.165) is 16.7 Å². The minimum Gasteiger partial charge on any atom is -0.452 e. The molecule has 2 aromatic carbocycles. The van der Waals surface area contributed by atoms with E-state index in [1.807, 2.05) is 34.2 Å². The van der Waals surface area contributed by atoms with Crippen LogP contribution in [0.1, 0.15) is 5.56 Å². The molecule has 34 heavy (non-hydrogen) atoms. The van der Waals surface area contributed by atoms with Crippen LogP contribution in [0.4, 0.5) is 0 Å². The smallest absolute Gasteiger partial charge is 0.288 e. The lowest BCUT2D eigenvalue weighted by atomic mass is 9.96. The van der Waals surface area contributed by atoms with Crippen molar-refractivity contribution in [3.63, 3.8) is 0 Å². The normalized spacial score (nSPS) is 27.2. The first-order valence-electron chi connectivity index (χ1n) is 10.7. The number of hydrogen-bond acceptors (Lipinski definition) is 9. The highest BCUT2D eigenvalue weighted by atomic mass is 32.1. The SMILES string of the molecule is OC[C@@H]1O[C@@H](O)[C@](O)(Oc2cccc3ncn(Cc4ccc(-c5ccsc5)cc4)c23)[C@H](O)[C@H]1O. The van der Waals surface area contributed by atoms with Crippen LogP contribution in [0.15, 0.2) is 65.6 Å². The van der Waals surface area contributed by atoms with Gasteiger partial charge in [-0.25, -0.2) is 4.98 Å². The highest BCUT2D eigenvalue weighted by Gasteiger charge is 2.57. The van der Waals surface area contributed by atoms with Gasteiger partial charge in [-0.3, -0.25) is 0 Å². The van der Waals surface area contributed by atoms with Gasteiger partial charge in [-0.1, -0.05) is 30.3 Å². The Morgan fingerprint density at radius 1 is 1.06 bits per heavy atom. The fourth-order valence-electron chi connectivity index (χ4n) is 4.10. The maximum absolute atomic E-state index is 10.9. The van der Waals surface area contributed by atoms with Gasteiger partial charge in [-0.05, 0) is 45.6 Å². The van der Waals surface area contributed by atoms with Crippen molar-refractivity contribution in [1.82, 2.24) is 9.55 Å². The molecule has 0 radical (unpaired) electrons. The van der Waals surface area contributed by atoms with Crippen molar-refractivity contribution in [1.29, 1.82) is 0 Å². The molecule has 10 heteroatoms. The van der Waals surface area contributed by atoms with Crippen LogP contribution < -0.4 is 4.74 Å². The largest absolute Gasteiger partial charge is 0.452 e. The second-order valence-electron chi connectivity index (χ2n) is 8.20. The van der Waals surface area contributed by atoms with Crippen LogP contribution in [-0.2, 0) is 11.3 Å². The Morgan fingerprint density at radius 3 is 2.56 bits per heavy atom. The zero-order chi connectivity index (χ0) is 23.9. The number of hydrogen-bond donors (Lipinski definition) is 5. The van der Waals surface area contributed by atoms with Crippen molar-refractivity contribution in [3.05, 3.63) is 71.2 Å². The van der Waals surface area contributed by atoms with Crippen LogP contribution in [0.5, 0.6) is 5.75 Å². The first-order valence-corrected chi connectivity index (χ1v) is 11.6. The number of thiophene rings is 1. The number of nitrogens with zero attached hydrogens (tertiary/aromatic N) is 2. The molecule has 9 nitrogen and oxygen atoms in total. The Labute approximate surface area is 198 Å². The molecule has 1 fully saturated rings. The van der Waals surface area contributed by atoms with E-state index in [0.29, 0.717) is 17.6 Å². The summed E-state index contributed by atoms with van der Waals surface area (Å²) in [5.41, 5.74) is 4.38. The minimum absolute atomic E-state index is 0.128. The lowest BCUT2D eigenvalue weighted by Crippen LogP contribution is -2.69. The highest BCUT2D eigenvalue weighted by molar-refractivity contribution is 7.08. The standard InChI is InChI=1S/C24H24N2O7S/c27-11-19-21(28)22(29)24(31,23(30)32-19)33-18-3-1-2-17-20(18)26(13-25-17)10-14-4-6-15(7-5-14)16-8-9-34-12-16/h1-9,12-13,19,21-23,27-31H,10-11H2/t19-,21-,22+,23+,24+/m0/s1. The minimum atomic E-state index is -2.67. The number of benzene rings is 2. The van der Waals surface area contributed by atoms with E-state index >= 15 is 0 Å². The van der Waals surface area contributed by atoms with E-state index in [9.17, 15) is 25.5 Å². The van der Waals surface area contributed by atoms with Crippen LogP contribution >= 0.6 is 11.3 Å². The van der Waals surface area contributed by atoms with Crippen LogP contribution in [0, 0.1) is 0 Å². The number of rotatable bonds is 6. The average Bonchev–Trinajstić information content (AvgIpc) is 3.52. The van der Waals surface area contributed by atoms with Crippen molar-refractivity contribution in [2.45, 2.75) is 36.9 Å². The van der Waals surface area contributed by atoms with Gasteiger partial charge in [0.2, 0.25) is 6.29 Å². The summed E-state index contributed by atoms with van der Waals surface area (Å²) in [6, 6.07) is 15.2. The van der Waals surface area contributed by atoms with Gasteiger partial charge in [0, 0.05) is 6.54 Å². The van der Waals surface area contributed by atoms with E-state index < -0.39 is 37.0 Å². The van der Waals surface area contributed by atoms with Crippen LogP contribution in [-0.4, -0.2) is 72.1 Å². The molecule has 178 valence electrons. The molecule has 5 N–H and O–H groups in total. The Kier molecular flexibility index (Phi) is 6.13. The Morgan fingerprint density at radius 2 is 1.85 bits per heavy atom. The van der Waals surface area contributed by atoms with Crippen LogP contribution in [0.3, 0.4) is 0 Å². The third-order valence-electron chi connectivity index (χ3n) is 6.00. The quantitative estimate of drug-likeness (QED) is 0.258. The molecule has 0 unspecified atom stereocenters.